The van der Waals surface area contributed by atoms with E-state index in [-0.39, 0.29) is 5.91 Å². The Morgan fingerprint density at radius 1 is 1.29 bits per heavy atom. The maximum Gasteiger partial charge on any atom is 0.260 e. The van der Waals surface area contributed by atoms with Gasteiger partial charge in [-0.05, 0) is 39.1 Å². The zero-order valence-electron chi connectivity index (χ0n) is 13.2. The Bertz CT molecular complexity index is 398. The van der Waals surface area contributed by atoms with Gasteiger partial charge in [-0.2, -0.15) is 0 Å². The summed E-state index contributed by atoms with van der Waals surface area (Å²) in [6.45, 7) is 4.96. The van der Waals surface area contributed by atoms with Crippen LogP contribution in [0.4, 0.5) is 0 Å². The summed E-state index contributed by atoms with van der Waals surface area (Å²) in [5.41, 5.74) is 0. The van der Waals surface area contributed by atoms with Crippen LogP contribution in [-0.4, -0.2) is 57.3 Å². The Morgan fingerprint density at radius 3 is 2.67 bits per heavy atom. The number of amides is 1. The lowest BCUT2D eigenvalue weighted by atomic mass is 10.3. The number of benzene rings is 1. The molecule has 0 saturated heterocycles. The summed E-state index contributed by atoms with van der Waals surface area (Å²) < 4.78 is 10.6. The predicted octanol–water partition coefficient (Wildman–Crippen LogP) is 1.54. The smallest absolute Gasteiger partial charge is 0.260 e. The molecule has 0 heterocycles. The topological polar surface area (TPSA) is 50.8 Å². The summed E-state index contributed by atoms with van der Waals surface area (Å²) in [7, 11) is 3.74. The fourth-order valence-electron chi connectivity index (χ4n) is 1.82. The number of carbonyl (C=O) groups is 1. The molecule has 0 radical (unpaired) electrons. The van der Waals surface area contributed by atoms with Gasteiger partial charge in [-0.15, -0.1) is 0 Å². The van der Waals surface area contributed by atoms with Crippen LogP contribution in [-0.2, 0) is 9.53 Å². The van der Waals surface area contributed by atoms with Crippen molar-refractivity contribution in [3.63, 3.8) is 0 Å². The van der Waals surface area contributed by atoms with Crippen LogP contribution in [0.5, 0.6) is 5.75 Å². The lowest BCUT2D eigenvalue weighted by molar-refractivity contribution is -0.127. The number of rotatable bonds is 10. The number of para-hydroxylation sites is 1. The van der Waals surface area contributed by atoms with E-state index in [0.717, 1.165) is 26.1 Å². The summed E-state index contributed by atoms with van der Waals surface area (Å²) in [4.78, 5) is 14.1. The average Bonchev–Trinajstić information content (AvgIpc) is 2.50. The molecular weight excluding hydrogens is 268 g/mol. The molecule has 0 aliphatic heterocycles. The molecule has 21 heavy (non-hydrogen) atoms. The van der Waals surface area contributed by atoms with E-state index in [1.807, 2.05) is 37.4 Å². The molecule has 118 valence electrons. The molecule has 1 rings (SSSR count). The van der Waals surface area contributed by atoms with Crippen molar-refractivity contribution in [3.05, 3.63) is 30.3 Å². The predicted molar refractivity (Wildman–Crippen MR) is 83.5 cm³/mol. The standard InChI is InChI=1S/C16H26N2O3/c1-14(21-15-8-5-4-6-9-15)16(19)17-10-7-11-18(2)12-13-20-3/h4-6,8-9,14H,7,10-13H2,1-3H3,(H,17,19). The zero-order valence-corrected chi connectivity index (χ0v) is 13.2. The normalized spacial score (nSPS) is 12.2. The number of methoxy groups -OCH3 is 1. The van der Waals surface area contributed by atoms with Crippen molar-refractivity contribution in [2.45, 2.75) is 19.4 Å². The molecule has 0 bridgehead atoms. The Kier molecular flexibility index (Phi) is 8.47. The number of nitrogens with one attached hydrogen (secondary N) is 1. The minimum atomic E-state index is -0.487. The first-order valence-corrected chi connectivity index (χ1v) is 7.30. The fourth-order valence-corrected chi connectivity index (χ4v) is 1.82. The summed E-state index contributed by atoms with van der Waals surface area (Å²) in [5.74, 6) is 0.623. The first-order chi connectivity index (χ1) is 10.1. The van der Waals surface area contributed by atoms with Gasteiger partial charge in [0.25, 0.3) is 5.91 Å². The van der Waals surface area contributed by atoms with Crippen molar-refractivity contribution in [3.8, 4) is 5.75 Å². The number of hydrogen-bond donors (Lipinski definition) is 1. The Balaban J connectivity index is 2.15. The highest BCUT2D eigenvalue weighted by atomic mass is 16.5. The van der Waals surface area contributed by atoms with Crippen LogP contribution in [0.2, 0.25) is 0 Å². The largest absolute Gasteiger partial charge is 0.481 e. The minimum absolute atomic E-state index is 0.0848. The van der Waals surface area contributed by atoms with E-state index >= 15 is 0 Å². The van der Waals surface area contributed by atoms with Gasteiger partial charge in [0.2, 0.25) is 0 Å². The summed E-state index contributed by atoms with van der Waals surface area (Å²) >= 11 is 0. The van der Waals surface area contributed by atoms with Gasteiger partial charge in [-0.25, -0.2) is 0 Å². The van der Waals surface area contributed by atoms with Gasteiger partial charge in [0.15, 0.2) is 6.10 Å². The van der Waals surface area contributed by atoms with E-state index in [1.54, 1.807) is 14.0 Å². The fraction of sp³-hybridized carbons (Fsp3) is 0.562. The summed E-state index contributed by atoms with van der Waals surface area (Å²) in [6, 6.07) is 9.37. The minimum Gasteiger partial charge on any atom is -0.481 e. The SMILES string of the molecule is COCCN(C)CCCNC(=O)C(C)Oc1ccccc1. The van der Waals surface area contributed by atoms with Gasteiger partial charge in [0.05, 0.1) is 6.61 Å². The van der Waals surface area contributed by atoms with Crippen LogP contribution in [0.3, 0.4) is 0 Å². The highest BCUT2D eigenvalue weighted by Crippen LogP contribution is 2.10. The van der Waals surface area contributed by atoms with Crippen molar-refractivity contribution in [1.82, 2.24) is 10.2 Å². The third kappa shape index (κ3) is 7.68. The van der Waals surface area contributed by atoms with Crippen LogP contribution in [0, 0.1) is 0 Å². The maximum atomic E-state index is 11.9. The van der Waals surface area contributed by atoms with Gasteiger partial charge in [-0.3, -0.25) is 4.79 Å². The molecule has 0 fully saturated rings. The Morgan fingerprint density at radius 2 is 2.00 bits per heavy atom. The Hall–Kier alpha value is -1.59. The van der Waals surface area contributed by atoms with E-state index in [0.29, 0.717) is 12.3 Å². The molecule has 1 N–H and O–H groups in total. The molecule has 0 aromatic heterocycles. The molecule has 5 nitrogen and oxygen atoms in total. The van der Waals surface area contributed by atoms with Crippen LogP contribution in [0.15, 0.2) is 30.3 Å². The number of likely N-dealkylation sites (N-methyl/N-ethyl adjacent to an activating group) is 1. The van der Waals surface area contributed by atoms with Gasteiger partial charge < -0.3 is 19.7 Å². The molecular formula is C16H26N2O3. The zero-order chi connectivity index (χ0) is 15.5. The molecule has 1 aromatic carbocycles. The van der Waals surface area contributed by atoms with Gasteiger partial charge >= 0.3 is 0 Å². The number of nitrogens with zero attached hydrogens (tertiary/aromatic N) is 1. The number of hydrogen-bond acceptors (Lipinski definition) is 4. The second-order valence-corrected chi connectivity index (χ2v) is 5.01. The van der Waals surface area contributed by atoms with Crippen molar-refractivity contribution in [1.29, 1.82) is 0 Å². The van der Waals surface area contributed by atoms with E-state index in [4.69, 9.17) is 9.47 Å². The molecule has 1 atom stereocenters. The van der Waals surface area contributed by atoms with E-state index in [2.05, 4.69) is 10.2 Å². The number of carbonyl (C=O) groups excluding carboxylic acids is 1. The first-order valence-electron chi connectivity index (χ1n) is 7.30. The van der Waals surface area contributed by atoms with Crippen LogP contribution in [0.25, 0.3) is 0 Å². The quantitative estimate of drug-likeness (QED) is 0.665. The molecule has 5 heteroatoms. The van der Waals surface area contributed by atoms with E-state index in [9.17, 15) is 4.79 Å². The van der Waals surface area contributed by atoms with Gasteiger partial charge in [-0.1, -0.05) is 18.2 Å². The lowest BCUT2D eigenvalue weighted by Gasteiger charge is -2.17. The van der Waals surface area contributed by atoms with Crippen LogP contribution in [0.1, 0.15) is 13.3 Å². The molecule has 0 aliphatic carbocycles. The third-order valence-corrected chi connectivity index (χ3v) is 3.12. The molecule has 0 aliphatic rings. The van der Waals surface area contributed by atoms with Crippen LogP contribution < -0.4 is 10.1 Å². The van der Waals surface area contributed by atoms with E-state index in [1.165, 1.54) is 0 Å². The second-order valence-electron chi connectivity index (χ2n) is 5.01. The second kappa shape index (κ2) is 10.2. The van der Waals surface area contributed by atoms with Gasteiger partial charge in [0, 0.05) is 20.2 Å². The van der Waals surface area contributed by atoms with Crippen LogP contribution >= 0.6 is 0 Å². The molecule has 1 aromatic rings. The Labute approximate surface area is 127 Å². The lowest BCUT2D eigenvalue weighted by Crippen LogP contribution is -2.37. The van der Waals surface area contributed by atoms with Crippen molar-refractivity contribution in [2.24, 2.45) is 0 Å². The molecule has 1 amide bonds. The first kappa shape index (κ1) is 17.5. The maximum absolute atomic E-state index is 11.9. The van der Waals surface area contributed by atoms with Crippen molar-refractivity contribution in [2.75, 3.05) is 40.4 Å². The molecule has 0 saturated carbocycles. The highest BCUT2D eigenvalue weighted by Gasteiger charge is 2.13. The van der Waals surface area contributed by atoms with Crippen molar-refractivity contribution < 1.29 is 14.3 Å². The van der Waals surface area contributed by atoms with E-state index < -0.39 is 6.10 Å². The van der Waals surface area contributed by atoms with Gasteiger partial charge in [0.1, 0.15) is 5.75 Å². The third-order valence-electron chi connectivity index (χ3n) is 3.12. The highest BCUT2D eigenvalue weighted by molar-refractivity contribution is 5.80. The van der Waals surface area contributed by atoms with Crippen molar-refractivity contribution >= 4 is 5.91 Å². The molecule has 0 spiro atoms. The monoisotopic (exact) mass is 294 g/mol. The average molecular weight is 294 g/mol. The number of ether oxygens (including phenoxy) is 2. The summed E-state index contributed by atoms with van der Waals surface area (Å²) in [5, 5.41) is 2.89. The summed E-state index contributed by atoms with van der Waals surface area (Å²) in [6.07, 6.45) is 0.419. The molecule has 1 unspecified atom stereocenters.